The zero-order valence-electron chi connectivity index (χ0n) is 11.4. The average molecular weight is 276 g/mol. The van der Waals surface area contributed by atoms with Crippen molar-refractivity contribution in [1.29, 1.82) is 0 Å². The molecule has 1 aliphatic rings. The van der Waals surface area contributed by atoms with E-state index in [4.69, 9.17) is 11.5 Å². The number of fused-ring (bicyclic) bond motifs is 1. The molecule has 1 amide bonds. The zero-order valence-corrected chi connectivity index (χ0v) is 11.4. The highest BCUT2D eigenvalue weighted by molar-refractivity contribution is 5.78. The molecular weight excluding hydrogens is 256 g/mol. The molecule has 0 radical (unpaired) electrons. The van der Waals surface area contributed by atoms with Gasteiger partial charge in [0.25, 0.3) is 0 Å². The first-order valence-corrected chi connectivity index (χ1v) is 6.85. The fourth-order valence-corrected chi connectivity index (χ4v) is 2.55. The van der Waals surface area contributed by atoms with Gasteiger partial charge in [0.15, 0.2) is 0 Å². The lowest BCUT2D eigenvalue weighted by Gasteiger charge is -2.24. The standard InChI is InChI=1S/C14H20N4O2/c1-2-6-15-10-14(20)17-12-4-3-5-13-11(12)9-16-18(13)7-8-19/h1,9,12,15,19H,3-8,10H2,(H,17,20). The summed E-state index contributed by atoms with van der Waals surface area (Å²) in [6.07, 6.45) is 9.78. The molecule has 3 N–H and O–H groups in total. The van der Waals surface area contributed by atoms with Gasteiger partial charge in [0, 0.05) is 11.3 Å². The number of amides is 1. The van der Waals surface area contributed by atoms with Gasteiger partial charge in [-0.25, -0.2) is 0 Å². The molecule has 0 aliphatic heterocycles. The van der Waals surface area contributed by atoms with Crippen LogP contribution in [0.4, 0.5) is 0 Å². The van der Waals surface area contributed by atoms with Crippen LogP contribution in [0.2, 0.25) is 0 Å². The Morgan fingerprint density at radius 1 is 1.65 bits per heavy atom. The highest BCUT2D eigenvalue weighted by Crippen LogP contribution is 2.29. The van der Waals surface area contributed by atoms with E-state index in [0.717, 1.165) is 30.5 Å². The first-order valence-electron chi connectivity index (χ1n) is 6.85. The molecular formula is C14H20N4O2. The third-order valence-electron chi connectivity index (χ3n) is 3.42. The van der Waals surface area contributed by atoms with Crippen LogP contribution in [-0.4, -0.2) is 40.5 Å². The van der Waals surface area contributed by atoms with Crippen LogP contribution in [0.5, 0.6) is 0 Å². The van der Waals surface area contributed by atoms with Gasteiger partial charge in [-0.2, -0.15) is 5.10 Å². The number of rotatable bonds is 6. The number of aliphatic hydroxyl groups excluding tert-OH is 1. The molecule has 1 aromatic rings. The number of carbonyl (C=O) groups excluding carboxylic acids is 1. The molecule has 2 rings (SSSR count). The van der Waals surface area contributed by atoms with E-state index < -0.39 is 0 Å². The van der Waals surface area contributed by atoms with E-state index in [0.29, 0.717) is 13.1 Å². The first kappa shape index (κ1) is 14.6. The van der Waals surface area contributed by atoms with Gasteiger partial charge in [0.2, 0.25) is 5.91 Å². The van der Waals surface area contributed by atoms with E-state index in [9.17, 15) is 4.79 Å². The molecule has 1 heterocycles. The highest BCUT2D eigenvalue weighted by Gasteiger charge is 2.25. The van der Waals surface area contributed by atoms with Gasteiger partial charge in [-0.3, -0.25) is 14.8 Å². The molecule has 108 valence electrons. The summed E-state index contributed by atoms with van der Waals surface area (Å²) >= 11 is 0. The van der Waals surface area contributed by atoms with E-state index in [2.05, 4.69) is 21.7 Å². The summed E-state index contributed by atoms with van der Waals surface area (Å²) in [5.41, 5.74) is 2.18. The second-order valence-electron chi connectivity index (χ2n) is 4.81. The van der Waals surface area contributed by atoms with Crippen molar-refractivity contribution in [3.05, 3.63) is 17.5 Å². The van der Waals surface area contributed by atoms with Gasteiger partial charge in [0.05, 0.1) is 38.5 Å². The fraction of sp³-hybridized carbons (Fsp3) is 0.571. The van der Waals surface area contributed by atoms with Gasteiger partial charge in [-0.1, -0.05) is 5.92 Å². The lowest BCUT2D eigenvalue weighted by atomic mass is 9.93. The number of nitrogens with zero attached hydrogens (tertiary/aromatic N) is 2. The quantitative estimate of drug-likeness (QED) is 0.487. The third-order valence-corrected chi connectivity index (χ3v) is 3.42. The second-order valence-corrected chi connectivity index (χ2v) is 4.81. The minimum atomic E-state index is -0.0620. The summed E-state index contributed by atoms with van der Waals surface area (Å²) in [6, 6.07) is 0.00586. The smallest absolute Gasteiger partial charge is 0.234 e. The summed E-state index contributed by atoms with van der Waals surface area (Å²) < 4.78 is 1.82. The zero-order chi connectivity index (χ0) is 14.4. The highest BCUT2D eigenvalue weighted by atomic mass is 16.3. The maximum absolute atomic E-state index is 11.8. The number of hydrogen-bond acceptors (Lipinski definition) is 4. The van der Waals surface area contributed by atoms with Gasteiger partial charge in [0.1, 0.15) is 0 Å². The van der Waals surface area contributed by atoms with Crippen molar-refractivity contribution < 1.29 is 9.90 Å². The molecule has 0 spiro atoms. The Morgan fingerprint density at radius 2 is 2.50 bits per heavy atom. The molecule has 6 heteroatoms. The fourth-order valence-electron chi connectivity index (χ4n) is 2.55. The van der Waals surface area contributed by atoms with Crippen LogP contribution in [0.15, 0.2) is 6.20 Å². The summed E-state index contributed by atoms with van der Waals surface area (Å²) in [5.74, 6) is 2.37. The number of aromatic nitrogens is 2. The third kappa shape index (κ3) is 3.38. The molecule has 6 nitrogen and oxygen atoms in total. The number of carbonyl (C=O) groups is 1. The maximum atomic E-state index is 11.8. The number of nitrogens with one attached hydrogen (secondary N) is 2. The van der Waals surface area contributed by atoms with E-state index in [1.165, 1.54) is 0 Å². The van der Waals surface area contributed by atoms with Crippen molar-refractivity contribution in [3.8, 4) is 12.3 Å². The predicted molar refractivity (Wildman–Crippen MR) is 74.8 cm³/mol. The van der Waals surface area contributed by atoms with Crippen molar-refractivity contribution in [3.63, 3.8) is 0 Å². The van der Waals surface area contributed by atoms with Crippen LogP contribution >= 0.6 is 0 Å². The molecule has 0 saturated heterocycles. The predicted octanol–water partition coefficient (Wildman–Crippen LogP) is -0.408. The van der Waals surface area contributed by atoms with Gasteiger partial charge >= 0.3 is 0 Å². The second kappa shape index (κ2) is 7.08. The Labute approximate surface area is 118 Å². The molecule has 1 aromatic heterocycles. The Hall–Kier alpha value is -1.84. The first-order chi connectivity index (χ1) is 9.76. The molecule has 1 atom stereocenters. The van der Waals surface area contributed by atoms with Crippen molar-refractivity contribution in [2.45, 2.75) is 31.8 Å². The molecule has 0 aromatic carbocycles. The maximum Gasteiger partial charge on any atom is 0.234 e. The van der Waals surface area contributed by atoms with Crippen LogP contribution in [-0.2, 0) is 17.8 Å². The van der Waals surface area contributed by atoms with Crippen molar-refractivity contribution in [1.82, 2.24) is 20.4 Å². The lowest BCUT2D eigenvalue weighted by Crippen LogP contribution is -2.37. The number of terminal acetylenes is 1. The Bertz CT molecular complexity index is 504. The number of aliphatic hydroxyl groups is 1. The number of hydrogen-bond donors (Lipinski definition) is 3. The van der Waals surface area contributed by atoms with Gasteiger partial charge in [-0.05, 0) is 19.3 Å². The van der Waals surface area contributed by atoms with Crippen LogP contribution < -0.4 is 10.6 Å². The Morgan fingerprint density at radius 3 is 3.25 bits per heavy atom. The SMILES string of the molecule is C#CCNCC(=O)NC1CCCc2c1cnn2CCO. The van der Waals surface area contributed by atoms with Crippen LogP contribution in [0.1, 0.15) is 30.1 Å². The van der Waals surface area contributed by atoms with E-state index >= 15 is 0 Å². The molecule has 1 unspecified atom stereocenters. The molecule has 0 saturated carbocycles. The Kier molecular flexibility index (Phi) is 5.16. The van der Waals surface area contributed by atoms with E-state index in [1.54, 1.807) is 6.20 Å². The normalized spacial score (nSPS) is 17.3. The van der Waals surface area contributed by atoms with Gasteiger partial charge < -0.3 is 10.4 Å². The molecule has 0 fully saturated rings. The van der Waals surface area contributed by atoms with Gasteiger partial charge in [-0.15, -0.1) is 6.42 Å². The topological polar surface area (TPSA) is 79.2 Å². The van der Waals surface area contributed by atoms with Crippen molar-refractivity contribution in [2.75, 3.05) is 19.7 Å². The van der Waals surface area contributed by atoms with E-state index in [1.807, 2.05) is 4.68 Å². The summed E-state index contributed by atoms with van der Waals surface area (Å²) in [6.45, 7) is 1.18. The molecule has 0 bridgehead atoms. The summed E-state index contributed by atoms with van der Waals surface area (Å²) in [4.78, 5) is 11.8. The largest absolute Gasteiger partial charge is 0.394 e. The van der Waals surface area contributed by atoms with Crippen molar-refractivity contribution in [2.24, 2.45) is 0 Å². The average Bonchev–Trinajstić information content (AvgIpc) is 2.84. The summed E-state index contributed by atoms with van der Waals surface area (Å²) in [5, 5.41) is 19.2. The Balaban J connectivity index is 1.98. The van der Waals surface area contributed by atoms with Crippen LogP contribution in [0.3, 0.4) is 0 Å². The van der Waals surface area contributed by atoms with Crippen molar-refractivity contribution >= 4 is 5.91 Å². The molecule has 20 heavy (non-hydrogen) atoms. The van der Waals surface area contributed by atoms with Crippen LogP contribution in [0, 0.1) is 12.3 Å². The minimum absolute atomic E-state index is 0.00586. The minimum Gasteiger partial charge on any atom is -0.394 e. The summed E-state index contributed by atoms with van der Waals surface area (Å²) in [7, 11) is 0. The van der Waals surface area contributed by atoms with Crippen LogP contribution in [0.25, 0.3) is 0 Å². The molecule has 1 aliphatic carbocycles. The van der Waals surface area contributed by atoms with E-state index in [-0.39, 0.29) is 25.1 Å². The lowest BCUT2D eigenvalue weighted by molar-refractivity contribution is -0.121. The monoisotopic (exact) mass is 276 g/mol.